The summed E-state index contributed by atoms with van der Waals surface area (Å²) in [5.74, 6) is 1.25. The fraction of sp³-hybridized carbons (Fsp3) is 0.562. The highest BCUT2D eigenvalue weighted by Crippen LogP contribution is 2.36. The molecule has 0 fully saturated rings. The zero-order chi connectivity index (χ0) is 14.3. The third kappa shape index (κ3) is 4.27. The maximum absolute atomic E-state index is 11.8. The molecule has 0 aliphatic heterocycles. The zero-order valence-electron chi connectivity index (χ0n) is 12.3. The predicted octanol–water partition coefficient (Wildman–Crippen LogP) is 3.78. The van der Waals surface area contributed by atoms with Crippen LogP contribution in [0.4, 0.5) is 0 Å². The summed E-state index contributed by atoms with van der Waals surface area (Å²) in [4.78, 5) is 11.8. The number of esters is 1. The van der Waals surface area contributed by atoms with Gasteiger partial charge in [-0.1, -0.05) is 38.5 Å². The Morgan fingerprint density at radius 2 is 1.95 bits per heavy atom. The van der Waals surface area contributed by atoms with Gasteiger partial charge in [0.15, 0.2) is 0 Å². The van der Waals surface area contributed by atoms with Crippen LogP contribution in [0.5, 0.6) is 5.75 Å². The van der Waals surface area contributed by atoms with Crippen molar-refractivity contribution < 1.29 is 14.3 Å². The Labute approximate surface area is 115 Å². The van der Waals surface area contributed by atoms with Crippen molar-refractivity contribution in [3.63, 3.8) is 0 Å². The van der Waals surface area contributed by atoms with E-state index in [4.69, 9.17) is 9.47 Å². The second-order valence-electron chi connectivity index (χ2n) is 4.74. The quantitative estimate of drug-likeness (QED) is 0.703. The summed E-state index contributed by atoms with van der Waals surface area (Å²) in [6.07, 6.45) is 1.42. The van der Waals surface area contributed by atoms with Crippen LogP contribution in [-0.2, 0) is 9.53 Å². The topological polar surface area (TPSA) is 35.5 Å². The van der Waals surface area contributed by atoms with Crippen LogP contribution in [0.2, 0.25) is 0 Å². The van der Waals surface area contributed by atoms with Crippen LogP contribution in [0, 0.1) is 5.92 Å². The molecule has 0 heterocycles. The van der Waals surface area contributed by atoms with Crippen LogP contribution in [0.3, 0.4) is 0 Å². The average Bonchev–Trinajstić information content (AvgIpc) is 2.44. The van der Waals surface area contributed by atoms with Gasteiger partial charge < -0.3 is 9.47 Å². The number of ether oxygens (including phenoxy) is 2. The van der Waals surface area contributed by atoms with Gasteiger partial charge in [-0.3, -0.25) is 4.79 Å². The number of methoxy groups -OCH3 is 1. The first-order valence-electron chi connectivity index (χ1n) is 6.92. The van der Waals surface area contributed by atoms with Crippen molar-refractivity contribution >= 4 is 5.97 Å². The van der Waals surface area contributed by atoms with Crippen molar-refractivity contribution in [1.82, 2.24) is 0 Å². The standard InChI is InChI=1S/C16H24O3/c1-5-12(3)14(11-16(17)19-6-2)13-9-7-8-10-15(13)18-4/h7-10,12,14H,5-6,11H2,1-4H3. The number of rotatable bonds is 7. The van der Waals surface area contributed by atoms with Gasteiger partial charge in [-0.2, -0.15) is 0 Å². The van der Waals surface area contributed by atoms with E-state index in [2.05, 4.69) is 13.8 Å². The number of benzene rings is 1. The Kier molecular flexibility index (Phi) is 6.40. The van der Waals surface area contributed by atoms with Crippen LogP contribution >= 0.6 is 0 Å². The summed E-state index contributed by atoms with van der Waals surface area (Å²) >= 11 is 0. The Balaban J connectivity index is 2.99. The summed E-state index contributed by atoms with van der Waals surface area (Å²) in [6, 6.07) is 7.91. The summed E-state index contributed by atoms with van der Waals surface area (Å²) in [5, 5.41) is 0. The van der Waals surface area contributed by atoms with Crippen LogP contribution in [0.1, 0.15) is 45.1 Å². The van der Waals surface area contributed by atoms with Crippen molar-refractivity contribution in [2.75, 3.05) is 13.7 Å². The van der Waals surface area contributed by atoms with Gasteiger partial charge in [-0.15, -0.1) is 0 Å². The van der Waals surface area contributed by atoms with Crippen molar-refractivity contribution in [3.8, 4) is 5.75 Å². The van der Waals surface area contributed by atoms with Crippen LogP contribution < -0.4 is 4.74 Å². The normalized spacial score (nSPS) is 13.7. The van der Waals surface area contributed by atoms with Gasteiger partial charge in [0.25, 0.3) is 0 Å². The Morgan fingerprint density at radius 3 is 2.53 bits per heavy atom. The van der Waals surface area contributed by atoms with Gasteiger partial charge in [0.05, 0.1) is 20.1 Å². The van der Waals surface area contributed by atoms with E-state index in [1.54, 1.807) is 7.11 Å². The minimum absolute atomic E-state index is 0.139. The molecule has 0 radical (unpaired) electrons. The molecule has 0 amide bonds. The monoisotopic (exact) mass is 264 g/mol. The maximum atomic E-state index is 11.8. The molecule has 3 heteroatoms. The summed E-state index contributed by atoms with van der Waals surface area (Å²) in [7, 11) is 1.66. The highest BCUT2D eigenvalue weighted by atomic mass is 16.5. The summed E-state index contributed by atoms with van der Waals surface area (Å²) < 4.78 is 10.5. The molecule has 0 aliphatic rings. The van der Waals surface area contributed by atoms with Crippen molar-refractivity contribution in [3.05, 3.63) is 29.8 Å². The SMILES string of the molecule is CCOC(=O)CC(c1ccccc1OC)C(C)CC. The lowest BCUT2D eigenvalue weighted by Gasteiger charge is -2.24. The van der Waals surface area contributed by atoms with E-state index in [9.17, 15) is 4.79 Å². The highest BCUT2D eigenvalue weighted by Gasteiger charge is 2.24. The summed E-state index contributed by atoms with van der Waals surface area (Å²) in [5.41, 5.74) is 1.09. The Bertz CT molecular complexity index is 401. The first-order chi connectivity index (χ1) is 9.13. The van der Waals surface area contributed by atoms with Gasteiger partial charge in [-0.05, 0) is 24.5 Å². The molecular weight excluding hydrogens is 240 g/mol. The van der Waals surface area contributed by atoms with Crippen LogP contribution in [0.15, 0.2) is 24.3 Å². The number of para-hydroxylation sites is 1. The second-order valence-corrected chi connectivity index (χ2v) is 4.74. The van der Waals surface area contributed by atoms with Gasteiger partial charge in [0.2, 0.25) is 0 Å². The maximum Gasteiger partial charge on any atom is 0.306 e. The molecule has 0 N–H and O–H groups in total. The highest BCUT2D eigenvalue weighted by molar-refractivity contribution is 5.70. The molecule has 1 rings (SSSR count). The number of carbonyl (C=O) groups excluding carboxylic acids is 1. The first kappa shape index (κ1) is 15.5. The molecule has 1 aromatic carbocycles. The van der Waals surface area contributed by atoms with Gasteiger partial charge in [-0.25, -0.2) is 0 Å². The van der Waals surface area contributed by atoms with Crippen molar-refractivity contribution in [2.24, 2.45) is 5.92 Å². The van der Waals surface area contributed by atoms with E-state index in [1.807, 2.05) is 31.2 Å². The van der Waals surface area contributed by atoms with Crippen LogP contribution in [0.25, 0.3) is 0 Å². The Morgan fingerprint density at radius 1 is 1.26 bits per heavy atom. The molecule has 2 unspecified atom stereocenters. The summed E-state index contributed by atoms with van der Waals surface area (Å²) in [6.45, 7) is 6.56. The molecule has 0 bridgehead atoms. The van der Waals surface area contributed by atoms with E-state index >= 15 is 0 Å². The Hall–Kier alpha value is -1.51. The third-order valence-electron chi connectivity index (χ3n) is 3.56. The number of hydrogen-bond donors (Lipinski definition) is 0. The van der Waals surface area contributed by atoms with Gasteiger partial charge >= 0.3 is 5.97 Å². The second kappa shape index (κ2) is 7.82. The smallest absolute Gasteiger partial charge is 0.306 e. The molecule has 3 nitrogen and oxygen atoms in total. The molecule has 0 saturated heterocycles. The van der Waals surface area contributed by atoms with Crippen molar-refractivity contribution in [1.29, 1.82) is 0 Å². The number of carbonyl (C=O) groups is 1. The molecular formula is C16H24O3. The molecule has 0 aromatic heterocycles. The van der Waals surface area contributed by atoms with Gasteiger partial charge in [0, 0.05) is 5.92 Å². The van der Waals surface area contributed by atoms with Gasteiger partial charge in [0.1, 0.15) is 5.75 Å². The van der Waals surface area contributed by atoms with Crippen molar-refractivity contribution in [2.45, 2.75) is 39.5 Å². The molecule has 1 aromatic rings. The predicted molar refractivity (Wildman–Crippen MR) is 76.4 cm³/mol. The lowest BCUT2D eigenvalue weighted by atomic mass is 9.83. The molecule has 0 aliphatic carbocycles. The number of hydrogen-bond acceptors (Lipinski definition) is 3. The first-order valence-corrected chi connectivity index (χ1v) is 6.92. The molecule has 0 saturated carbocycles. The van der Waals surface area contributed by atoms with E-state index in [-0.39, 0.29) is 11.9 Å². The fourth-order valence-corrected chi connectivity index (χ4v) is 2.27. The van der Waals surface area contributed by atoms with Crippen LogP contribution in [-0.4, -0.2) is 19.7 Å². The van der Waals surface area contributed by atoms with E-state index in [0.717, 1.165) is 17.7 Å². The third-order valence-corrected chi connectivity index (χ3v) is 3.56. The lowest BCUT2D eigenvalue weighted by molar-refractivity contribution is -0.143. The minimum Gasteiger partial charge on any atom is -0.496 e. The fourth-order valence-electron chi connectivity index (χ4n) is 2.27. The molecule has 0 spiro atoms. The van der Waals surface area contributed by atoms with E-state index < -0.39 is 0 Å². The minimum atomic E-state index is -0.140. The molecule has 106 valence electrons. The van der Waals surface area contributed by atoms with E-state index in [1.165, 1.54) is 0 Å². The zero-order valence-corrected chi connectivity index (χ0v) is 12.3. The van der Waals surface area contributed by atoms with E-state index in [0.29, 0.717) is 18.9 Å². The lowest BCUT2D eigenvalue weighted by Crippen LogP contribution is -2.17. The molecule has 2 atom stereocenters. The largest absolute Gasteiger partial charge is 0.496 e. The average molecular weight is 264 g/mol. The molecule has 19 heavy (non-hydrogen) atoms.